The molecule has 8 heteroatoms. The van der Waals surface area contributed by atoms with Gasteiger partial charge < -0.3 is 14.3 Å². The second kappa shape index (κ2) is 7.03. The van der Waals surface area contributed by atoms with Crippen LogP contribution < -0.4 is 10.5 Å². The Balaban J connectivity index is 1.38. The van der Waals surface area contributed by atoms with E-state index in [4.69, 9.17) is 9.40 Å². The van der Waals surface area contributed by atoms with Crippen LogP contribution in [0.3, 0.4) is 0 Å². The third kappa shape index (κ3) is 3.18. The summed E-state index contributed by atoms with van der Waals surface area (Å²) < 4.78 is 6.62. The van der Waals surface area contributed by atoms with E-state index in [1.807, 2.05) is 30.5 Å². The molecule has 4 aromatic rings. The quantitative estimate of drug-likeness (QED) is 0.528. The molecule has 1 saturated heterocycles. The number of piperazine rings is 1. The first kappa shape index (κ1) is 17.4. The number of hydrogen-bond acceptors (Lipinski definition) is 6. The Morgan fingerprint density at radius 2 is 2.04 bits per heavy atom. The van der Waals surface area contributed by atoms with Crippen molar-refractivity contribution in [3.63, 3.8) is 0 Å². The van der Waals surface area contributed by atoms with E-state index in [-0.39, 0.29) is 11.1 Å². The number of H-pyrrole nitrogens is 1. The lowest BCUT2D eigenvalue weighted by atomic mass is 10.2. The van der Waals surface area contributed by atoms with Gasteiger partial charge in [0.15, 0.2) is 0 Å². The average Bonchev–Trinajstić information content (AvgIpc) is 3.08. The smallest absolute Gasteiger partial charge is 0.294 e. The van der Waals surface area contributed by atoms with Gasteiger partial charge in [-0.25, -0.2) is 4.98 Å². The first-order chi connectivity index (χ1) is 13.7. The van der Waals surface area contributed by atoms with Gasteiger partial charge in [-0.15, -0.1) is 0 Å². The number of nitrogens with one attached hydrogen (secondary N) is 1. The fraction of sp³-hybridized carbons (Fsp3) is 0.250. The molecule has 0 spiro atoms. The molecule has 0 saturated carbocycles. The van der Waals surface area contributed by atoms with Gasteiger partial charge in [-0.05, 0) is 30.3 Å². The molecule has 1 aliphatic rings. The molecular weight excluding hydrogens is 422 g/mol. The molecule has 0 bridgehead atoms. The molecule has 1 aliphatic heterocycles. The lowest BCUT2D eigenvalue weighted by Crippen LogP contribution is -2.46. The van der Waals surface area contributed by atoms with Gasteiger partial charge in [-0.1, -0.05) is 15.9 Å². The average molecular weight is 440 g/mol. The maximum absolute atomic E-state index is 12.5. The monoisotopic (exact) mass is 439 g/mol. The van der Waals surface area contributed by atoms with Crippen molar-refractivity contribution in [2.75, 3.05) is 31.1 Å². The third-order valence-corrected chi connectivity index (χ3v) is 5.58. The molecule has 7 nitrogen and oxygen atoms in total. The molecule has 4 heterocycles. The summed E-state index contributed by atoms with van der Waals surface area (Å²) in [5.41, 5.74) is 2.47. The van der Waals surface area contributed by atoms with E-state index in [1.54, 1.807) is 6.20 Å². The van der Waals surface area contributed by atoms with Crippen molar-refractivity contribution in [3.05, 3.63) is 63.4 Å². The number of furan rings is 1. The second-order valence-electron chi connectivity index (χ2n) is 6.91. The molecule has 0 atom stereocenters. The Hall–Kier alpha value is -2.71. The van der Waals surface area contributed by atoms with E-state index in [9.17, 15) is 4.79 Å². The largest absolute Gasteiger partial charge is 0.449 e. The summed E-state index contributed by atoms with van der Waals surface area (Å²) in [7, 11) is 0. The van der Waals surface area contributed by atoms with Crippen molar-refractivity contribution in [1.82, 2.24) is 19.9 Å². The molecule has 0 unspecified atom stereocenters. The van der Waals surface area contributed by atoms with Crippen LogP contribution in [0, 0.1) is 0 Å². The zero-order chi connectivity index (χ0) is 19.1. The van der Waals surface area contributed by atoms with Crippen molar-refractivity contribution >= 4 is 43.7 Å². The summed E-state index contributed by atoms with van der Waals surface area (Å²) in [6.45, 7) is 4.23. The Morgan fingerprint density at radius 1 is 1.18 bits per heavy atom. The minimum atomic E-state index is -0.235. The Morgan fingerprint density at radius 3 is 2.82 bits per heavy atom. The topological polar surface area (TPSA) is 78.3 Å². The molecule has 142 valence electrons. The Labute approximate surface area is 169 Å². The fourth-order valence-corrected chi connectivity index (χ4v) is 4.03. The number of benzene rings is 1. The van der Waals surface area contributed by atoms with Crippen LogP contribution in [0.1, 0.15) is 5.82 Å². The van der Waals surface area contributed by atoms with E-state index < -0.39 is 0 Å². The standard InChI is InChI=1S/C20H18BrN5O2/c21-13-3-4-16-15(10-13)18-19(28-16)20(27)24-17(23-18)12-25-6-8-26(9-7-25)14-2-1-5-22-11-14/h1-5,10-11H,6-9,12H2,(H,23,24,27). The summed E-state index contributed by atoms with van der Waals surface area (Å²) >= 11 is 3.47. The number of anilines is 1. The SMILES string of the molecule is O=c1[nH]c(CN2CCN(c3cccnc3)CC2)nc2c1oc1ccc(Br)cc12. The van der Waals surface area contributed by atoms with Crippen molar-refractivity contribution in [2.24, 2.45) is 0 Å². The van der Waals surface area contributed by atoms with Crippen LogP contribution in [0.5, 0.6) is 0 Å². The van der Waals surface area contributed by atoms with Crippen LogP contribution in [0.25, 0.3) is 22.1 Å². The number of aromatic nitrogens is 3. The van der Waals surface area contributed by atoms with Crippen LogP contribution in [0.2, 0.25) is 0 Å². The van der Waals surface area contributed by atoms with Gasteiger partial charge in [-0.2, -0.15) is 0 Å². The van der Waals surface area contributed by atoms with Gasteiger partial charge in [0.25, 0.3) is 5.56 Å². The van der Waals surface area contributed by atoms with Gasteiger partial charge in [0, 0.05) is 42.2 Å². The summed E-state index contributed by atoms with van der Waals surface area (Å²) in [6, 6.07) is 9.71. The first-order valence-electron chi connectivity index (χ1n) is 9.16. The molecule has 1 aromatic carbocycles. The highest BCUT2D eigenvalue weighted by molar-refractivity contribution is 9.10. The molecule has 0 aliphatic carbocycles. The van der Waals surface area contributed by atoms with E-state index in [1.165, 1.54) is 0 Å². The predicted molar refractivity (Wildman–Crippen MR) is 112 cm³/mol. The highest BCUT2D eigenvalue weighted by atomic mass is 79.9. The molecule has 1 N–H and O–H groups in total. The normalized spacial score (nSPS) is 15.5. The van der Waals surface area contributed by atoms with Crippen molar-refractivity contribution in [2.45, 2.75) is 6.54 Å². The van der Waals surface area contributed by atoms with E-state index in [2.05, 4.69) is 41.8 Å². The maximum Gasteiger partial charge on any atom is 0.294 e. The molecule has 1 fully saturated rings. The Bertz CT molecular complexity index is 1200. The molecule has 0 radical (unpaired) electrons. The van der Waals surface area contributed by atoms with Gasteiger partial charge in [-0.3, -0.25) is 14.7 Å². The first-order valence-corrected chi connectivity index (χ1v) is 9.95. The number of rotatable bonds is 3. The summed E-state index contributed by atoms with van der Waals surface area (Å²) in [6.07, 6.45) is 3.68. The van der Waals surface area contributed by atoms with E-state index in [0.29, 0.717) is 23.5 Å². The van der Waals surface area contributed by atoms with Crippen LogP contribution >= 0.6 is 15.9 Å². The highest BCUT2D eigenvalue weighted by Crippen LogP contribution is 2.28. The van der Waals surface area contributed by atoms with Crippen LogP contribution in [-0.4, -0.2) is 46.0 Å². The number of aromatic amines is 1. The number of halogens is 1. The lowest BCUT2D eigenvalue weighted by molar-refractivity contribution is 0.244. The number of fused-ring (bicyclic) bond motifs is 3. The van der Waals surface area contributed by atoms with Gasteiger partial charge in [0.2, 0.25) is 5.58 Å². The molecule has 3 aromatic heterocycles. The van der Waals surface area contributed by atoms with E-state index in [0.717, 1.165) is 41.7 Å². The number of hydrogen-bond donors (Lipinski definition) is 1. The van der Waals surface area contributed by atoms with E-state index >= 15 is 0 Å². The predicted octanol–water partition coefficient (Wildman–Crippen LogP) is 3.15. The summed E-state index contributed by atoms with van der Waals surface area (Å²) in [4.78, 5) is 28.9. The lowest BCUT2D eigenvalue weighted by Gasteiger charge is -2.35. The zero-order valence-electron chi connectivity index (χ0n) is 15.1. The molecule has 5 rings (SSSR count). The molecule has 0 amide bonds. The Kier molecular flexibility index (Phi) is 4.37. The molecular formula is C20H18BrN5O2. The highest BCUT2D eigenvalue weighted by Gasteiger charge is 2.19. The van der Waals surface area contributed by atoms with Gasteiger partial charge >= 0.3 is 0 Å². The molecule has 28 heavy (non-hydrogen) atoms. The second-order valence-corrected chi connectivity index (χ2v) is 7.82. The minimum Gasteiger partial charge on any atom is -0.449 e. The minimum absolute atomic E-state index is 0.235. The fourth-order valence-electron chi connectivity index (χ4n) is 3.66. The third-order valence-electron chi connectivity index (χ3n) is 5.09. The summed E-state index contributed by atoms with van der Waals surface area (Å²) in [5.74, 6) is 0.662. The maximum atomic E-state index is 12.5. The number of nitrogens with zero attached hydrogens (tertiary/aromatic N) is 4. The van der Waals surface area contributed by atoms with Crippen molar-refractivity contribution in [1.29, 1.82) is 0 Å². The van der Waals surface area contributed by atoms with Crippen LogP contribution in [0.15, 0.2) is 56.4 Å². The van der Waals surface area contributed by atoms with Crippen molar-refractivity contribution in [3.8, 4) is 0 Å². The van der Waals surface area contributed by atoms with Gasteiger partial charge in [0.1, 0.15) is 16.9 Å². The van der Waals surface area contributed by atoms with Gasteiger partial charge in [0.05, 0.1) is 18.4 Å². The van der Waals surface area contributed by atoms with Crippen LogP contribution in [-0.2, 0) is 6.54 Å². The zero-order valence-corrected chi connectivity index (χ0v) is 16.6. The van der Waals surface area contributed by atoms with Crippen LogP contribution in [0.4, 0.5) is 5.69 Å². The summed E-state index contributed by atoms with van der Waals surface area (Å²) in [5, 5.41) is 0.845. The van der Waals surface area contributed by atoms with Crippen molar-refractivity contribution < 1.29 is 4.42 Å². The number of pyridine rings is 1.